The van der Waals surface area contributed by atoms with Crippen LogP contribution in [0.5, 0.6) is 0 Å². The summed E-state index contributed by atoms with van der Waals surface area (Å²) in [6, 6.07) is 7.97. The van der Waals surface area contributed by atoms with E-state index in [2.05, 4.69) is 4.90 Å². The van der Waals surface area contributed by atoms with Crippen LogP contribution in [0.4, 0.5) is 0 Å². The second-order valence-electron chi connectivity index (χ2n) is 4.52. The summed E-state index contributed by atoms with van der Waals surface area (Å²) in [5, 5.41) is 0. The Kier molecular flexibility index (Phi) is 3.76. The maximum Gasteiger partial charge on any atom is 0.249 e. The Morgan fingerprint density at radius 1 is 1.41 bits per heavy atom. The molecule has 0 saturated carbocycles. The number of nitrogens with two attached hydrogens (primary N) is 2. The van der Waals surface area contributed by atoms with Crippen molar-refractivity contribution >= 4 is 5.91 Å². The van der Waals surface area contributed by atoms with Gasteiger partial charge in [-0.3, -0.25) is 9.69 Å². The zero-order chi connectivity index (χ0) is 12.3. The van der Waals surface area contributed by atoms with E-state index in [0.29, 0.717) is 18.2 Å². The molecule has 4 heteroatoms. The molecular weight excluding hydrogens is 214 g/mol. The summed E-state index contributed by atoms with van der Waals surface area (Å²) in [5.41, 5.74) is 12.7. The molecule has 1 aromatic rings. The highest BCUT2D eigenvalue weighted by Gasteiger charge is 2.23. The van der Waals surface area contributed by atoms with Gasteiger partial charge in [0.05, 0.1) is 0 Å². The van der Waals surface area contributed by atoms with Crippen molar-refractivity contribution in [1.29, 1.82) is 0 Å². The van der Waals surface area contributed by atoms with Crippen LogP contribution >= 0.6 is 0 Å². The fraction of sp³-hybridized carbons (Fsp3) is 0.462. The van der Waals surface area contributed by atoms with E-state index >= 15 is 0 Å². The van der Waals surface area contributed by atoms with Crippen LogP contribution in [0, 0.1) is 0 Å². The van der Waals surface area contributed by atoms with Gasteiger partial charge in [-0.1, -0.05) is 18.2 Å². The normalized spacial score (nSPS) is 20.6. The van der Waals surface area contributed by atoms with Gasteiger partial charge in [-0.25, -0.2) is 0 Å². The lowest BCUT2D eigenvalue weighted by Gasteiger charge is -2.23. The van der Waals surface area contributed by atoms with Gasteiger partial charge in [-0.15, -0.1) is 0 Å². The zero-order valence-electron chi connectivity index (χ0n) is 9.93. The standard InChI is InChI=1S/C13H19N3O/c14-8-11-5-3-7-16(11)9-10-4-1-2-6-12(10)13(15)17/h1-2,4,6,11H,3,5,7-9,14H2,(H2,15,17). The number of primary amides is 1. The summed E-state index contributed by atoms with van der Waals surface area (Å²) < 4.78 is 0. The van der Waals surface area contributed by atoms with Gasteiger partial charge in [0, 0.05) is 24.7 Å². The second kappa shape index (κ2) is 5.29. The van der Waals surface area contributed by atoms with Crippen molar-refractivity contribution in [2.24, 2.45) is 11.5 Å². The third-order valence-electron chi connectivity index (χ3n) is 3.43. The van der Waals surface area contributed by atoms with Crippen LogP contribution < -0.4 is 11.5 Å². The molecule has 4 N–H and O–H groups in total. The lowest BCUT2D eigenvalue weighted by atomic mass is 10.1. The van der Waals surface area contributed by atoms with Crippen LogP contribution in [0.15, 0.2) is 24.3 Å². The van der Waals surface area contributed by atoms with Gasteiger partial charge >= 0.3 is 0 Å². The molecule has 1 unspecified atom stereocenters. The Morgan fingerprint density at radius 2 is 2.18 bits per heavy atom. The molecule has 1 saturated heterocycles. The second-order valence-corrected chi connectivity index (χ2v) is 4.52. The van der Waals surface area contributed by atoms with Gasteiger partial charge in [0.25, 0.3) is 0 Å². The van der Waals surface area contributed by atoms with Gasteiger partial charge in [-0.05, 0) is 31.0 Å². The number of amides is 1. The highest BCUT2D eigenvalue weighted by Crippen LogP contribution is 2.20. The van der Waals surface area contributed by atoms with Crippen LogP contribution in [0.3, 0.4) is 0 Å². The van der Waals surface area contributed by atoms with Crippen LogP contribution in [-0.2, 0) is 6.54 Å². The van der Waals surface area contributed by atoms with Crippen molar-refractivity contribution < 1.29 is 4.79 Å². The van der Waals surface area contributed by atoms with Gasteiger partial charge in [0.1, 0.15) is 0 Å². The number of carbonyl (C=O) groups excluding carboxylic acids is 1. The average Bonchev–Trinajstić information content (AvgIpc) is 2.77. The van der Waals surface area contributed by atoms with Crippen molar-refractivity contribution in [3.05, 3.63) is 35.4 Å². The fourth-order valence-corrected chi connectivity index (χ4v) is 2.49. The number of benzene rings is 1. The molecule has 1 aromatic carbocycles. The number of hydrogen-bond donors (Lipinski definition) is 2. The highest BCUT2D eigenvalue weighted by molar-refractivity contribution is 5.94. The van der Waals surface area contributed by atoms with E-state index < -0.39 is 0 Å². The minimum absolute atomic E-state index is 0.357. The predicted octanol–water partition coefficient (Wildman–Crippen LogP) is 0.709. The average molecular weight is 233 g/mol. The fourth-order valence-electron chi connectivity index (χ4n) is 2.49. The molecule has 17 heavy (non-hydrogen) atoms. The summed E-state index contributed by atoms with van der Waals surface area (Å²) in [5.74, 6) is -0.357. The summed E-state index contributed by atoms with van der Waals surface area (Å²) in [6.45, 7) is 2.49. The molecule has 1 aliphatic rings. The summed E-state index contributed by atoms with van der Waals surface area (Å²) in [4.78, 5) is 13.7. The molecule has 0 spiro atoms. The number of likely N-dealkylation sites (tertiary alicyclic amines) is 1. The first-order valence-electron chi connectivity index (χ1n) is 6.04. The Labute approximate surface area is 102 Å². The summed E-state index contributed by atoms with van der Waals surface area (Å²) in [6.07, 6.45) is 2.33. The largest absolute Gasteiger partial charge is 0.366 e. The van der Waals surface area contributed by atoms with Crippen molar-refractivity contribution in [1.82, 2.24) is 4.90 Å². The van der Waals surface area contributed by atoms with E-state index in [0.717, 1.165) is 25.1 Å². The van der Waals surface area contributed by atoms with E-state index in [1.807, 2.05) is 18.2 Å². The number of rotatable bonds is 4. The highest BCUT2D eigenvalue weighted by atomic mass is 16.1. The van der Waals surface area contributed by atoms with E-state index in [1.165, 1.54) is 6.42 Å². The molecule has 1 fully saturated rings. The van der Waals surface area contributed by atoms with Crippen LogP contribution in [-0.4, -0.2) is 29.9 Å². The Hall–Kier alpha value is -1.39. The van der Waals surface area contributed by atoms with Crippen molar-refractivity contribution in [3.8, 4) is 0 Å². The monoisotopic (exact) mass is 233 g/mol. The molecule has 92 valence electrons. The molecule has 2 rings (SSSR count). The Bertz CT molecular complexity index is 405. The van der Waals surface area contributed by atoms with E-state index in [-0.39, 0.29) is 5.91 Å². The maximum atomic E-state index is 11.3. The Morgan fingerprint density at radius 3 is 2.88 bits per heavy atom. The first-order chi connectivity index (χ1) is 8.22. The van der Waals surface area contributed by atoms with Gasteiger partial charge in [0.15, 0.2) is 0 Å². The zero-order valence-corrected chi connectivity index (χ0v) is 9.93. The number of carbonyl (C=O) groups is 1. The minimum atomic E-state index is -0.357. The first kappa shape index (κ1) is 12.1. The minimum Gasteiger partial charge on any atom is -0.366 e. The number of nitrogens with zero attached hydrogens (tertiary/aromatic N) is 1. The maximum absolute atomic E-state index is 11.3. The quantitative estimate of drug-likeness (QED) is 0.804. The van der Waals surface area contributed by atoms with Crippen LogP contribution in [0.2, 0.25) is 0 Å². The summed E-state index contributed by atoms with van der Waals surface area (Å²) >= 11 is 0. The lowest BCUT2D eigenvalue weighted by Crippen LogP contribution is -2.35. The molecule has 4 nitrogen and oxygen atoms in total. The van der Waals surface area contributed by atoms with Crippen LogP contribution in [0.25, 0.3) is 0 Å². The number of hydrogen-bond acceptors (Lipinski definition) is 3. The van der Waals surface area contributed by atoms with E-state index in [1.54, 1.807) is 6.07 Å². The summed E-state index contributed by atoms with van der Waals surface area (Å²) in [7, 11) is 0. The van der Waals surface area contributed by atoms with E-state index in [4.69, 9.17) is 11.5 Å². The van der Waals surface area contributed by atoms with Gasteiger partial charge in [-0.2, -0.15) is 0 Å². The molecule has 0 bridgehead atoms. The van der Waals surface area contributed by atoms with Gasteiger partial charge < -0.3 is 11.5 Å². The smallest absolute Gasteiger partial charge is 0.249 e. The molecule has 0 aromatic heterocycles. The SMILES string of the molecule is NCC1CCCN1Cc1ccccc1C(N)=O. The van der Waals surface area contributed by atoms with Crippen molar-refractivity contribution in [3.63, 3.8) is 0 Å². The molecule has 1 aliphatic heterocycles. The predicted molar refractivity (Wildman–Crippen MR) is 67.4 cm³/mol. The third-order valence-corrected chi connectivity index (χ3v) is 3.43. The molecule has 1 heterocycles. The first-order valence-corrected chi connectivity index (χ1v) is 6.04. The molecule has 1 amide bonds. The molecular formula is C13H19N3O. The van der Waals surface area contributed by atoms with Gasteiger partial charge in [0.2, 0.25) is 5.91 Å². The van der Waals surface area contributed by atoms with Crippen LogP contribution in [0.1, 0.15) is 28.8 Å². The van der Waals surface area contributed by atoms with Crippen molar-refractivity contribution in [2.75, 3.05) is 13.1 Å². The topological polar surface area (TPSA) is 72.3 Å². The molecule has 1 atom stereocenters. The van der Waals surface area contributed by atoms with E-state index in [9.17, 15) is 4.79 Å². The lowest BCUT2D eigenvalue weighted by molar-refractivity contribution is 0.0998. The Balaban J connectivity index is 2.15. The molecule has 0 aliphatic carbocycles. The van der Waals surface area contributed by atoms with Crippen molar-refractivity contribution in [2.45, 2.75) is 25.4 Å². The third kappa shape index (κ3) is 2.65. The molecule has 0 radical (unpaired) electrons.